The smallest absolute Gasteiger partial charge is 0.225 e. The van der Waals surface area contributed by atoms with Crippen molar-refractivity contribution in [3.63, 3.8) is 0 Å². The zero-order valence-electron chi connectivity index (χ0n) is 15.0. The number of anilines is 2. The lowest BCUT2D eigenvalue weighted by molar-refractivity contribution is -0.115. The first-order valence-corrected chi connectivity index (χ1v) is 9.38. The molecular formula is C20H14FN5O2S. The van der Waals surface area contributed by atoms with E-state index in [1.807, 2.05) is 12.1 Å². The second-order valence-corrected chi connectivity index (χ2v) is 6.84. The van der Waals surface area contributed by atoms with Crippen LogP contribution in [0.1, 0.15) is 17.5 Å². The highest BCUT2D eigenvalue weighted by Gasteiger charge is 2.22. The van der Waals surface area contributed by atoms with Crippen molar-refractivity contribution >= 4 is 29.2 Å². The first-order chi connectivity index (χ1) is 14.0. The van der Waals surface area contributed by atoms with E-state index in [-0.39, 0.29) is 51.3 Å². The van der Waals surface area contributed by atoms with Gasteiger partial charge >= 0.3 is 0 Å². The zero-order chi connectivity index (χ0) is 20.8. The highest BCUT2D eigenvalue weighted by Crippen LogP contribution is 2.35. The van der Waals surface area contributed by atoms with E-state index in [1.165, 1.54) is 24.5 Å². The molecule has 0 bridgehead atoms. The van der Waals surface area contributed by atoms with Crippen LogP contribution in [0, 0.1) is 28.5 Å². The molecule has 0 saturated carbocycles. The summed E-state index contributed by atoms with van der Waals surface area (Å²) in [5, 5.41) is 21.8. The van der Waals surface area contributed by atoms with Crippen LogP contribution < -0.4 is 11.1 Å². The summed E-state index contributed by atoms with van der Waals surface area (Å²) in [7, 11) is 0. The Bertz CT molecular complexity index is 1130. The quantitative estimate of drug-likeness (QED) is 0.592. The van der Waals surface area contributed by atoms with E-state index >= 15 is 0 Å². The number of aromatic nitrogens is 1. The van der Waals surface area contributed by atoms with E-state index in [2.05, 4.69) is 10.3 Å². The van der Waals surface area contributed by atoms with E-state index in [4.69, 9.17) is 10.2 Å². The molecule has 0 unspecified atom stereocenters. The largest absolute Gasteiger partial charge is 0.464 e. The molecule has 0 spiro atoms. The van der Waals surface area contributed by atoms with Crippen molar-refractivity contribution in [2.75, 3.05) is 16.8 Å². The number of nitrogens with two attached hydrogens (primary N) is 1. The number of carbonyl (C=O) groups is 1. The van der Waals surface area contributed by atoms with Gasteiger partial charge in [-0.15, -0.1) is 11.8 Å². The number of nitrogens with zero attached hydrogens (tertiary/aromatic N) is 3. The monoisotopic (exact) mass is 407 g/mol. The molecular weight excluding hydrogens is 393 g/mol. The van der Waals surface area contributed by atoms with Gasteiger partial charge in [-0.05, 0) is 24.3 Å². The van der Waals surface area contributed by atoms with Crippen LogP contribution in [-0.4, -0.2) is 16.6 Å². The molecule has 3 rings (SSSR count). The standard InChI is InChI=1S/C20H14FN5O2S/c21-14-4-1-2-5-15(14)25-17(27)7-9-29-20-13(11-23)18(16-6-3-8-28-16)12(10-22)19(24)26-20/h1-6,8H,7,9H2,(H2,24,26)(H,25,27). The Morgan fingerprint density at radius 1 is 1.21 bits per heavy atom. The molecule has 2 heterocycles. The third-order valence-corrected chi connectivity index (χ3v) is 4.88. The molecule has 2 aromatic heterocycles. The molecule has 0 aliphatic carbocycles. The average Bonchev–Trinajstić information content (AvgIpc) is 3.23. The fraction of sp³-hybridized carbons (Fsp3) is 0.100. The van der Waals surface area contributed by atoms with E-state index in [1.54, 1.807) is 18.2 Å². The second-order valence-electron chi connectivity index (χ2n) is 5.75. The third-order valence-electron chi connectivity index (χ3n) is 3.90. The van der Waals surface area contributed by atoms with E-state index < -0.39 is 5.82 Å². The van der Waals surface area contributed by atoms with Crippen molar-refractivity contribution in [3.8, 4) is 23.5 Å². The van der Waals surface area contributed by atoms with Crippen LogP contribution >= 0.6 is 11.8 Å². The van der Waals surface area contributed by atoms with Crippen LogP contribution in [0.15, 0.2) is 52.1 Å². The lowest BCUT2D eigenvalue weighted by Gasteiger charge is -2.11. The number of carbonyl (C=O) groups excluding carboxylic acids is 1. The summed E-state index contributed by atoms with van der Waals surface area (Å²) in [6.07, 6.45) is 1.48. The summed E-state index contributed by atoms with van der Waals surface area (Å²) in [5.41, 5.74) is 6.46. The average molecular weight is 407 g/mol. The maximum atomic E-state index is 13.6. The summed E-state index contributed by atoms with van der Waals surface area (Å²) >= 11 is 1.14. The van der Waals surface area contributed by atoms with Crippen LogP contribution in [0.2, 0.25) is 0 Å². The van der Waals surface area contributed by atoms with Crippen LogP contribution in [0.3, 0.4) is 0 Å². The lowest BCUT2D eigenvalue weighted by Crippen LogP contribution is -2.13. The summed E-state index contributed by atoms with van der Waals surface area (Å²) in [6.45, 7) is 0. The van der Waals surface area contributed by atoms with Gasteiger partial charge in [0.2, 0.25) is 5.91 Å². The third kappa shape index (κ3) is 4.37. The van der Waals surface area contributed by atoms with Gasteiger partial charge in [0.1, 0.15) is 40.1 Å². The molecule has 0 saturated heterocycles. The molecule has 0 aliphatic rings. The molecule has 0 aliphatic heterocycles. The predicted molar refractivity (Wildman–Crippen MR) is 106 cm³/mol. The number of para-hydroxylation sites is 1. The number of nitrogens with one attached hydrogen (secondary N) is 1. The van der Waals surface area contributed by atoms with Crippen molar-refractivity contribution in [2.24, 2.45) is 0 Å². The molecule has 9 heteroatoms. The summed E-state index contributed by atoms with van der Waals surface area (Å²) in [5.74, 6) is -0.341. The Balaban J connectivity index is 1.78. The minimum absolute atomic E-state index is 0.0313. The van der Waals surface area contributed by atoms with E-state index in [0.29, 0.717) is 5.76 Å². The number of amides is 1. The van der Waals surface area contributed by atoms with Gasteiger partial charge in [0.25, 0.3) is 0 Å². The Morgan fingerprint density at radius 3 is 2.62 bits per heavy atom. The number of nitriles is 2. The maximum absolute atomic E-state index is 13.6. The van der Waals surface area contributed by atoms with Gasteiger partial charge in [0.15, 0.2) is 0 Å². The Hall–Kier alpha value is -3.82. The minimum Gasteiger partial charge on any atom is -0.464 e. The Morgan fingerprint density at radius 2 is 1.97 bits per heavy atom. The topological polar surface area (TPSA) is 129 Å². The summed E-state index contributed by atoms with van der Waals surface area (Å²) < 4.78 is 19.0. The van der Waals surface area contributed by atoms with Crippen LogP contribution in [0.4, 0.5) is 15.9 Å². The van der Waals surface area contributed by atoms with Crippen molar-refractivity contribution in [1.29, 1.82) is 10.5 Å². The van der Waals surface area contributed by atoms with Crippen molar-refractivity contribution in [2.45, 2.75) is 11.4 Å². The van der Waals surface area contributed by atoms with Gasteiger partial charge in [-0.2, -0.15) is 10.5 Å². The summed E-state index contributed by atoms with van der Waals surface area (Å²) in [4.78, 5) is 16.2. The van der Waals surface area contributed by atoms with Crippen molar-refractivity contribution < 1.29 is 13.6 Å². The van der Waals surface area contributed by atoms with Gasteiger partial charge in [0, 0.05) is 12.2 Å². The number of hydrogen-bond acceptors (Lipinski definition) is 7. The van der Waals surface area contributed by atoms with Gasteiger partial charge in [-0.1, -0.05) is 12.1 Å². The van der Waals surface area contributed by atoms with Crippen molar-refractivity contribution in [1.82, 2.24) is 4.98 Å². The normalized spacial score (nSPS) is 10.2. The summed E-state index contributed by atoms with van der Waals surface area (Å²) in [6, 6.07) is 13.1. The number of rotatable bonds is 6. The molecule has 0 atom stereocenters. The van der Waals surface area contributed by atoms with Crippen LogP contribution in [0.25, 0.3) is 11.3 Å². The fourth-order valence-corrected chi connectivity index (χ4v) is 3.52. The van der Waals surface area contributed by atoms with E-state index in [9.17, 15) is 19.7 Å². The number of benzene rings is 1. The molecule has 3 N–H and O–H groups in total. The number of hydrogen-bond donors (Lipinski definition) is 2. The molecule has 144 valence electrons. The molecule has 1 amide bonds. The lowest BCUT2D eigenvalue weighted by atomic mass is 10.0. The first-order valence-electron chi connectivity index (χ1n) is 8.40. The zero-order valence-corrected chi connectivity index (χ0v) is 15.8. The highest BCUT2D eigenvalue weighted by atomic mass is 32.2. The Kier molecular flexibility index (Phi) is 6.12. The number of thioether (sulfide) groups is 1. The minimum atomic E-state index is -0.523. The number of halogens is 1. The maximum Gasteiger partial charge on any atom is 0.225 e. The van der Waals surface area contributed by atoms with Gasteiger partial charge in [-0.3, -0.25) is 4.79 Å². The van der Waals surface area contributed by atoms with Gasteiger partial charge in [0.05, 0.1) is 23.1 Å². The van der Waals surface area contributed by atoms with Gasteiger partial charge < -0.3 is 15.5 Å². The van der Waals surface area contributed by atoms with Gasteiger partial charge in [-0.25, -0.2) is 9.37 Å². The predicted octanol–water partition coefficient (Wildman–Crippen LogP) is 3.93. The van der Waals surface area contributed by atoms with Crippen LogP contribution in [0.5, 0.6) is 0 Å². The first kappa shape index (κ1) is 19.9. The second kappa shape index (κ2) is 8.91. The number of furan rings is 1. The van der Waals surface area contributed by atoms with E-state index in [0.717, 1.165) is 11.8 Å². The van der Waals surface area contributed by atoms with Crippen molar-refractivity contribution in [3.05, 3.63) is 59.6 Å². The fourth-order valence-electron chi connectivity index (χ4n) is 2.59. The molecule has 29 heavy (non-hydrogen) atoms. The Labute approximate surface area is 170 Å². The molecule has 3 aromatic rings. The van der Waals surface area contributed by atoms with Crippen LogP contribution in [-0.2, 0) is 4.79 Å². The molecule has 1 aromatic carbocycles. The molecule has 0 fully saturated rings. The molecule has 0 radical (unpaired) electrons. The molecule has 7 nitrogen and oxygen atoms in total. The SMILES string of the molecule is N#Cc1c(N)nc(SCCC(=O)Nc2ccccc2F)c(C#N)c1-c1ccco1. The number of nitrogen functional groups attached to an aromatic ring is 1. The number of pyridine rings is 1. The highest BCUT2D eigenvalue weighted by molar-refractivity contribution is 7.99.